The van der Waals surface area contributed by atoms with Crippen molar-refractivity contribution in [2.24, 2.45) is 0 Å². The first-order valence-corrected chi connectivity index (χ1v) is 27.3. The molecule has 0 spiro atoms. The second kappa shape index (κ2) is 52.7. The molecule has 0 unspecified atom stereocenters. The fourth-order valence-corrected chi connectivity index (χ4v) is 7.60. The first kappa shape index (κ1) is 61.1. The largest absolute Gasteiger partial charge is 0.462 e. The third kappa shape index (κ3) is 50.1. The molecule has 64 heavy (non-hydrogen) atoms. The van der Waals surface area contributed by atoms with E-state index in [2.05, 4.69) is 81.5 Å². The average molecular weight is 895 g/mol. The van der Waals surface area contributed by atoms with Crippen molar-refractivity contribution in [3.05, 3.63) is 60.8 Å². The molecule has 0 aromatic heterocycles. The molecule has 0 heterocycles. The van der Waals surface area contributed by atoms with Crippen LogP contribution >= 0.6 is 0 Å². The molecule has 0 fully saturated rings. The highest BCUT2D eigenvalue weighted by Crippen LogP contribution is 2.15. The van der Waals surface area contributed by atoms with Crippen LogP contribution in [-0.4, -0.2) is 37.2 Å². The number of hydrogen-bond acceptors (Lipinski definition) is 6. The average Bonchev–Trinajstić information content (AvgIpc) is 3.29. The summed E-state index contributed by atoms with van der Waals surface area (Å²) < 4.78 is 16.8. The van der Waals surface area contributed by atoms with E-state index < -0.39 is 6.10 Å². The third-order valence-electron chi connectivity index (χ3n) is 11.7. The van der Waals surface area contributed by atoms with Gasteiger partial charge in [-0.2, -0.15) is 0 Å². The van der Waals surface area contributed by atoms with E-state index in [9.17, 15) is 14.4 Å². The lowest BCUT2D eigenvalue weighted by molar-refractivity contribution is -0.167. The van der Waals surface area contributed by atoms with Crippen LogP contribution in [0.5, 0.6) is 0 Å². The van der Waals surface area contributed by atoms with E-state index in [0.29, 0.717) is 19.3 Å². The molecule has 370 valence electrons. The highest BCUT2D eigenvalue weighted by molar-refractivity contribution is 5.71. The van der Waals surface area contributed by atoms with Gasteiger partial charge < -0.3 is 14.2 Å². The van der Waals surface area contributed by atoms with Gasteiger partial charge in [0.1, 0.15) is 13.2 Å². The zero-order valence-electron chi connectivity index (χ0n) is 42.3. The predicted octanol–water partition coefficient (Wildman–Crippen LogP) is 18.0. The molecule has 0 radical (unpaired) electrons. The normalized spacial score (nSPS) is 12.5. The molecule has 0 aromatic rings. The number of hydrogen-bond donors (Lipinski definition) is 0. The van der Waals surface area contributed by atoms with Crippen molar-refractivity contribution in [2.75, 3.05) is 13.2 Å². The van der Waals surface area contributed by atoms with Crippen LogP contribution in [0.15, 0.2) is 60.8 Å². The lowest BCUT2D eigenvalue weighted by atomic mass is 10.1. The van der Waals surface area contributed by atoms with Gasteiger partial charge in [-0.05, 0) is 89.9 Å². The summed E-state index contributed by atoms with van der Waals surface area (Å²) in [6.45, 7) is 6.58. The number of esters is 3. The van der Waals surface area contributed by atoms with Gasteiger partial charge in [-0.3, -0.25) is 14.4 Å². The monoisotopic (exact) mass is 895 g/mol. The Morgan fingerprint density at radius 3 is 0.938 bits per heavy atom. The first-order chi connectivity index (χ1) is 31.5. The SMILES string of the molecule is CCCCC/C=C\C/C=C\C/C=C\C/C=C\CCCCCC(=O)OC[C@@H](COC(=O)CCCCCCCCCCCCC)OC(=O)CCCCCCC/C=C\CCCCCCCCC. The Hall–Kier alpha value is -2.89. The van der Waals surface area contributed by atoms with Crippen LogP contribution in [0.1, 0.15) is 271 Å². The van der Waals surface area contributed by atoms with Gasteiger partial charge in [-0.1, -0.05) is 223 Å². The van der Waals surface area contributed by atoms with Gasteiger partial charge >= 0.3 is 17.9 Å². The van der Waals surface area contributed by atoms with E-state index in [1.54, 1.807) is 0 Å². The summed E-state index contributed by atoms with van der Waals surface area (Å²) in [5.74, 6) is -0.920. The van der Waals surface area contributed by atoms with Crippen molar-refractivity contribution < 1.29 is 28.6 Å². The molecule has 0 rings (SSSR count). The Morgan fingerprint density at radius 1 is 0.312 bits per heavy atom. The van der Waals surface area contributed by atoms with Crippen molar-refractivity contribution in [3.63, 3.8) is 0 Å². The highest BCUT2D eigenvalue weighted by Gasteiger charge is 2.19. The van der Waals surface area contributed by atoms with E-state index in [-0.39, 0.29) is 31.1 Å². The summed E-state index contributed by atoms with van der Waals surface area (Å²) in [5.41, 5.74) is 0. The van der Waals surface area contributed by atoms with Crippen LogP contribution in [0.4, 0.5) is 0 Å². The van der Waals surface area contributed by atoms with E-state index in [1.807, 2.05) is 0 Å². The summed E-state index contributed by atoms with van der Waals surface area (Å²) in [4.78, 5) is 38.0. The molecule has 6 heteroatoms. The lowest BCUT2D eigenvalue weighted by Gasteiger charge is -2.18. The Morgan fingerprint density at radius 2 is 0.562 bits per heavy atom. The van der Waals surface area contributed by atoms with Crippen molar-refractivity contribution in [2.45, 2.75) is 277 Å². The molecule has 0 N–H and O–H groups in total. The fourth-order valence-electron chi connectivity index (χ4n) is 7.60. The topological polar surface area (TPSA) is 78.9 Å². The van der Waals surface area contributed by atoms with Gasteiger partial charge in [0, 0.05) is 19.3 Å². The maximum absolute atomic E-state index is 12.8. The van der Waals surface area contributed by atoms with Crippen LogP contribution in [0, 0.1) is 0 Å². The molecule has 0 amide bonds. The van der Waals surface area contributed by atoms with Gasteiger partial charge in [0.25, 0.3) is 0 Å². The highest BCUT2D eigenvalue weighted by atomic mass is 16.6. The van der Waals surface area contributed by atoms with E-state index in [4.69, 9.17) is 14.2 Å². The summed E-state index contributed by atoms with van der Waals surface area (Å²) in [7, 11) is 0. The molecule has 0 aliphatic carbocycles. The van der Waals surface area contributed by atoms with Gasteiger partial charge in [-0.15, -0.1) is 0 Å². The van der Waals surface area contributed by atoms with Crippen LogP contribution in [-0.2, 0) is 28.6 Å². The van der Waals surface area contributed by atoms with Crippen molar-refractivity contribution in [1.82, 2.24) is 0 Å². The maximum atomic E-state index is 12.8. The van der Waals surface area contributed by atoms with Crippen LogP contribution < -0.4 is 0 Å². The number of unbranched alkanes of at least 4 members (excludes halogenated alkanes) is 28. The number of ether oxygens (including phenoxy) is 3. The smallest absolute Gasteiger partial charge is 0.306 e. The Balaban J connectivity index is 4.41. The summed E-state index contributed by atoms with van der Waals surface area (Å²) >= 11 is 0. The number of carbonyl (C=O) groups excluding carboxylic acids is 3. The van der Waals surface area contributed by atoms with Crippen LogP contribution in [0.25, 0.3) is 0 Å². The molecule has 0 saturated heterocycles. The van der Waals surface area contributed by atoms with Crippen LogP contribution in [0.3, 0.4) is 0 Å². The van der Waals surface area contributed by atoms with E-state index in [0.717, 1.165) is 96.3 Å². The Labute approximate surface area is 396 Å². The minimum absolute atomic E-state index is 0.0859. The fraction of sp³-hybridized carbons (Fsp3) is 0.776. The van der Waals surface area contributed by atoms with Gasteiger partial charge in [0.05, 0.1) is 0 Å². The quantitative estimate of drug-likeness (QED) is 0.0262. The van der Waals surface area contributed by atoms with Crippen molar-refractivity contribution in [3.8, 4) is 0 Å². The molecule has 0 saturated carbocycles. The molecular formula is C58H102O6. The van der Waals surface area contributed by atoms with Gasteiger partial charge in [0.15, 0.2) is 6.10 Å². The second-order valence-corrected chi connectivity index (χ2v) is 18.1. The first-order valence-electron chi connectivity index (χ1n) is 27.3. The van der Waals surface area contributed by atoms with Crippen molar-refractivity contribution in [1.29, 1.82) is 0 Å². The predicted molar refractivity (Wildman–Crippen MR) is 275 cm³/mol. The Bertz CT molecular complexity index is 1170. The zero-order chi connectivity index (χ0) is 46.5. The maximum Gasteiger partial charge on any atom is 0.306 e. The number of rotatable bonds is 49. The van der Waals surface area contributed by atoms with Crippen molar-refractivity contribution >= 4 is 17.9 Å². The molecule has 0 aromatic carbocycles. The summed E-state index contributed by atoms with van der Waals surface area (Å²) in [6.07, 6.45) is 64.9. The standard InChI is InChI=1S/C58H102O6/c1-4-7-10-13-16-19-22-24-26-28-29-30-32-33-36-39-42-45-48-51-57(60)63-54-55(53-62-56(59)50-47-44-41-38-35-21-18-15-12-9-6-3)64-58(61)52-49-46-43-40-37-34-31-27-25-23-20-17-14-11-8-5-2/h16,19,24,26-27,29-31,33,36,55H,4-15,17-18,20-23,25,28,32,34-35,37-54H2,1-3H3/b19-16-,26-24-,30-29-,31-27-,36-33-/t55-/m1/s1. The number of allylic oxidation sites excluding steroid dienone is 10. The zero-order valence-corrected chi connectivity index (χ0v) is 42.3. The summed E-state index contributed by atoms with van der Waals surface area (Å²) in [5, 5.41) is 0. The lowest BCUT2D eigenvalue weighted by Crippen LogP contribution is -2.30. The third-order valence-corrected chi connectivity index (χ3v) is 11.7. The molecule has 0 bridgehead atoms. The second-order valence-electron chi connectivity index (χ2n) is 18.1. The molecular weight excluding hydrogens is 793 g/mol. The minimum Gasteiger partial charge on any atom is -0.462 e. The molecule has 6 nitrogen and oxygen atoms in total. The Kier molecular flexibility index (Phi) is 50.4. The van der Waals surface area contributed by atoms with Crippen LogP contribution in [0.2, 0.25) is 0 Å². The van der Waals surface area contributed by atoms with E-state index in [1.165, 1.54) is 135 Å². The number of carbonyl (C=O) groups is 3. The molecule has 1 atom stereocenters. The molecule has 0 aliphatic rings. The van der Waals surface area contributed by atoms with E-state index >= 15 is 0 Å². The minimum atomic E-state index is -0.789. The summed E-state index contributed by atoms with van der Waals surface area (Å²) in [6, 6.07) is 0. The van der Waals surface area contributed by atoms with Gasteiger partial charge in [0.2, 0.25) is 0 Å². The van der Waals surface area contributed by atoms with Gasteiger partial charge in [-0.25, -0.2) is 0 Å². The molecule has 0 aliphatic heterocycles.